The molecule has 27 heavy (non-hydrogen) atoms. The zero-order chi connectivity index (χ0) is 20.2. The van der Waals surface area contributed by atoms with Crippen molar-refractivity contribution in [3.8, 4) is 17.9 Å². The van der Waals surface area contributed by atoms with Crippen LogP contribution in [0.4, 0.5) is 4.79 Å². The molecule has 0 aliphatic rings. The molecule has 0 aliphatic heterocycles. The fourth-order valence-corrected chi connectivity index (χ4v) is 1.81. The summed E-state index contributed by atoms with van der Waals surface area (Å²) in [4.78, 5) is 11.6. The van der Waals surface area contributed by atoms with Gasteiger partial charge >= 0.3 is 6.09 Å². The third-order valence-corrected chi connectivity index (χ3v) is 3.06. The Labute approximate surface area is 162 Å². The SMILES string of the molecule is CCC#CCNC(=O)OC(CC#N)COCCOCCOCCNC(C)C. The lowest BCUT2D eigenvalue weighted by molar-refractivity contribution is -0.0132. The van der Waals surface area contributed by atoms with Crippen LogP contribution in [0, 0.1) is 23.2 Å². The molecule has 0 rings (SSSR count). The lowest BCUT2D eigenvalue weighted by Crippen LogP contribution is -2.31. The van der Waals surface area contributed by atoms with Gasteiger partial charge in [-0.05, 0) is 0 Å². The number of hydrogen-bond acceptors (Lipinski definition) is 7. The summed E-state index contributed by atoms with van der Waals surface area (Å²) in [5.41, 5.74) is 0. The Morgan fingerprint density at radius 3 is 2.33 bits per heavy atom. The first-order valence-electron chi connectivity index (χ1n) is 9.33. The third-order valence-electron chi connectivity index (χ3n) is 3.06. The van der Waals surface area contributed by atoms with Crippen LogP contribution in [0.3, 0.4) is 0 Å². The van der Waals surface area contributed by atoms with Crippen LogP contribution >= 0.6 is 0 Å². The van der Waals surface area contributed by atoms with E-state index in [1.165, 1.54) is 0 Å². The number of nitrogens with zero attached hydrogens (tertiary/aromatic N) is 1. The van der Waals surface area contributed by atoms with Crippen molar-refractivity contribution in [1.29, 1.82) is 5.26 Å². The summed E-state index contributed by atoms with van der Waals surface area (Å²) in [7, 11) is 0. The molecule has 1 unspecified atom stereocenters. The van der Waals surface area contributed by atoms with Crippen LogP contribution in [-0.4, -0.2) is 71.0 Å². The maximum atomic E-state index is 11.6. The Morgan fingerprint density at radius 2 is 1.70 bits per heavy atom. The first kappa shape index (κ1) is 25.2. The molecule has 1 amide bonds. The monoisotopic (exact) mass is 383 g/mol. The number of hydrogen-bond donors (Lipinski definition) is 2. The van der Waals surface area contributed by atoms with Crippen LogP contribution in [0.25, 0.3) is 0 Å². The average molecular weight is 383 g/mol. The van der Waals surface area contributed by atoms with Gasteiger partial charge in [-0.2, -0.15) is 5.26 Å². The number of nitriles is 1. The molecular weight excluding hydrogens is 350 g/mol. The second kappa shape index (κ2) is 18.9. The highest BCUT2D eigenvalue weighted by Crippen LogP contribution is 1.99. The summed E-state index contributed by atoms with van der Waals surface area (Å²) < 4.78 is 21.3. The summed E-state index contributed by atoms with van der Waals surface area (Å²) in [6, 6.07) is 2.43. The molecule has 0 saturated carbocycles. The largest absolute Gasteiger partial charge is 0.443 e. The number of nitrogens with one attached hydrogen (secondary N) is 2. The maximum absolute atomic E-state index is 11.6. The van der Waals surface area contributed by atoms with E-state index in [4.69, 9.17) is 24.2 Å². The van der Waals surface area contributed by atoms with Crippen LogP contribution < -0.4 is 10.6 Å². The van der Waals surface area contributed by atoms with Crippen molar-refractivity contribution in [2.45, 2.75) is 45.8 Å². The van der Waals surface area contributed by atoms with E-state index in [0.717, 1.165) is 13.0 Å². The fraction of sp³-hybridized carbons (Fsp3) is 0.789. The quantitative estimate of drug-likeness (QED) is 0.326. The predicted molar refractivity (Wildman–Crippen MR) is 102 cm³/mol. The Balaban J connectivity index is 3.64. The Morgan fingerprint density at radius 1 is 1.04 bits per heavy atom. The highest BCUT2D eigenvalue weighted by atomic mass is 16.6. The molecule has 8 nitrogen and oxygen atoms in total. The van der Waals surface area contributed by atoms with Crippen molar-refractivity contribution in [3.05, 3.63) is 0 Å². The van der Waals surface area contributed by atoms with Crippen molar-refractivity contribution >= 4 is 6.09 Å². The first-order valence-corrected chi connectivity index (χ1v) is 9.33. The minimum atomic E-state index is -0.620. The lowest BCUT2D eigenvalue weighted by Gasteiger charge is -2.15. The van der Waals surface area contributed by atoms with Gasteiger partial charge in [-0.15, -0.1) is 5.92 Å². The molecule has 0 radical (unpaired) electrons. The number of carbonyl (C=O) groups excluding carboxylic acids is 1. The van der Waals surface area contributed by atoms with Crippen LogP contribution in [0.1, 0.15) is 33.6 Å². The van der Waals surface area contributed by atoms with Crippen LogP contribution in [0.2, 0.25) is 0 Å². The lowest BCUT2D eigenvalue weighted by atomic mass is 10.3. The highest BCUT2D eigenvalue weighted by Gasteiger charge is 2.14. The summed E-state index contributed by atoms with van der Waals surface area (Å²) in [5.74, 6) is 5.61. The molecule has 0 fully saturated rings. The number of rotatable bonds is 15. The molecular formula is C19H33N3O5. The summed E-state index contributed by atoms with van der Waals surface area (Å²) in [5, 5.41) is 14.6. The van der Waals surface area contributed by atoms with E-state index in [-0.39, 0.29) is 19.6 Å². The van der Waals surface area contributed by atoms with E-state index < -0.39 is 12.2 Å². The molecule has 0 aromatic carbocycles. The van der Waals surface area contributed by atoms with Gasteiger partial charge in [0.1, 0.15) is 6.10 Å². The number of alkyl carbamates (subject to hydrolysis) is 1. The average Bonchev–Trinajstić information content (AvgIpc) is 2.63. The molecule has 0 aliphatic carbocycles. The topological polar surface area (TPSA) is 102 Å². The zero-order valence-corrected chi connectivity index (χ0v) is 16.7. The van der Waals surface area contributed by atoms with E-state index in [1.54, 1.807) is 0 Å². The predicted octanol–water partition coefficient (Wildman–Crippen LogP) is 1.46. The zero-order valence-electron chi connectivity index (χ0n) is 16.7. The molecule has 0 heterocycles. The first-order chi connectivity index (χ1) is 13.1. The van der Waals surface area contributed by atoms with Crippen LogP contribution in [0.15, 0.2) is 0 Å². The Kier molecular flexibility index (Phi) is 17.6. The van der Waals surface area contributed by atoms with Crippen molar-refractivity contribution in [3.63, 3.8) is 0 Å². The molecule has 2 N–H and O–H groups in total. The molecule has 0 aromatic heterocycles. The number of carbonyl (C=O) groups is 1. The van der Waals surface area contributed by atoms with Gasteiger partial charge in [0.05, 0.1) is 58.7 Å². The Bertz CT molecular complexity index is 468. The van der Waals surface area contributed by atoms with Crippen LogP contribution in [-0.2, 0) is 18.9 Å². The van der Waals surface area contributed by atoms with E-state index >= 15 is 0 Å². The van der Waals surface area contributed by atoms with Gasteiger partial charge in [0.2, 0.25) is 0 Å². The smallest absolute Gasteiger partial charge is 0.408 e. The van der Waals surface area contributed by atoms with E-state index in [2.05, 4.69) is 36.3 Å². The second-order valence-corrected chi connectivity index (χ2v) is 5.86. The Hall–Kier alpha value is -1.84. The van der Waals surface area contributed by atoms with E-state index in [0.29, 0.717) is 39.1 Å². The highest BCUT2D eigenvalue weighted by molar-refractivity contribution is 5.67. The molecule has 154 valence electrons. The van der Waals surface area contributed by atoms with Crippen molar-refractivity contribution in [2.24, 2.45) is 0 Å². The number of amides is 1. The van der Waals surface area contributed by atoms with Gasteiger partial charge in [0.25, 0.3) is 0 Å². The van der Waals surface area contributed by atoms with Gasteiger partial charge in [-0.3, -0.25) is 0 Å². The molecule has 0 aromatic rings. The van der Waals surface area contributed by atoms with Gasteiger partial charge in [-0.1, -0.05) is 26.7 Å². The van der Waals surface area contributed by atoms with Crippen molar-refractivity contribution < 1.29 is 23.7 Å². The minimum Gasteiger partial charge on any atom is -0.443 e. The third kappa shape index (κ3) is 18.7. The van der Waals surface area contributed by atoms with Gasteiger partial charge in [-0.25, -0.2) is 4.79 Å². The molecule has 8 heteroatoms. The van der Waals surface area contributed by atoms with Gasteiger partial charge in [0, 0.05) is 19.0 Å². The second-order valence-electron chi connectivity index (χ2n) is 5.86. The minimum absolute atomic E-state index is 0.0627. The molecule has 0 spiro atoms. The summed E-state index contributed by atoms with van der Waals surface area (Å²) >= 11 is 0. The maximum Gasteiger partial charge on any atom is 0.408 e. The van der Waals surface area contributed by atoms with Crippen molar-refractivity contribution in [2.75, 3.05) is 52.7 Å². The molecule has 0 saturated heterocycles. The van der Waals surface area contributed by atoms with E-state index in [1.807, 2.05) is 13.0 Å². The fourth-order valence-electron chi connectivity index (χ4n) is 1.81. The van der Waals surface area contributed by atoms with E-state index in [9.17, 15) is 4.79 Å². The standard InChI is InChI=1S/C19H33N3O5/c1-4-5-6-9-22-19(23)27-18(7-8-20)16-26-15-14-25-13-12-24-11-10-21-17(2)3/h17-18,21H,4,7,9-16H2,1-3H3,(H,22,23). The number of ether oxygens (including phenoxy) is 4. The van der Waals surface area contributed by atoms with Crippen LogP contribution in [0.5, 0.6) is 0 Å². The summed E-state index contributed by atoms with van der Waals surface area (Å²) in [6.45, 7) is 9.71. The normalized spacial score (nSPS) is 11.4. The van der Waals surface area contributed by atoms with Crippen molar-refractivity contribution in [1.82, 2.24) is 10.6 Å². The summed E-state index contributed by atoms with van der Waals surface area (Å²) in [6.07, 6.45) is -0.436. The molecule has 1 atom stereocenters. The molecule has 0 bridgehead atoms. The van der Waals surface area contributed by atoms with Gasteiger partial charge < -0.3 is 29.6 Å². The van der Waals surface area contributed by atoms with Gasteiger partial charge in [0.15, 0.2) is 0 Å².